The Morgan fingerprint density at radius 3 is 2.58 bits per heavy atom. The van der Waals surface area contributed by atoms with Crippen LogP contribution in [0, 0.1) is 11.3 Å². The Bertz CT molecular complexity index is 150. The SMILES string of the molecule is NCCC1(COCC2CC2)CC1. The van der Waals surface area contributed by atoms with E-state index in [9.17, 15) is 0 Å². The maximum absolute atomic E-state index is 5.68. The van der Waals surface area contributed by atoms with E-state index in [0.717, 1.165) is 32.1 Å². The summed E-state index contributed by atoms with van der Waals surface area (Å²) in [4.78, 5) is 0. The predicted octanol–water partition coefficient (Wildman–Crippen LogP) is 1.54. The van der Waals surface area contributed by atoms with E-state index in [1.165, 1.54) is 25.7 Å². The molecule has 0 aromatic rings. The molecule has 0 saturated heterocycles. The molecule has 0 atom stereocenters. The third kappa shape index (κ3) is 2.20. The molecule has 0 aromatic carbocycles. The summed E-state index contributed by atoms with van der Waals surface area (Å²) in [5.41, 5.74) is 6.06. The summed E-state index contributed by atoms with van der Waals surface area (Å²) in [5, 5.41) is 0. The molecular weight excluding hydrogens is 150 g/mol. The molecule has 2 saturated carbocycles. The lowest BCUT2D eigenvalue weighted by atomic mass is 10.0. The Morgan fingerprint density at radius 1 is 1.33 bits per heavy atom. The summed E-state index contributed by atoms with van der Waals surface area (Å²) >= 11 is 0. The van der Waals surface area contributed by atoms with E-state index in [1.807, 2.05) is 0 Å². The van der Waals surface area contributed by atoms with Gasteiger partial charge < -0.3 is 10.5 Å². The lowest BCUT2D eigenvalue weighted by Gasteiger charge is -2.13. The van der Waals surface area contributed by atoms with Crippen LogP contribution in [-0.4, -0.2) is 19.8 Å². The maximum atomic E-state index is 5.68. The summed E-state index contributed by atoms with van der Waals surface area (Å²) in [5.74, 6) is 0.902. The van der Waals surface area contributed by atoms with Crippen LogP contribution in [-0.2, 0) is 4.74 Å². The number of ether oxygens (including phenoxy) is 1. The van der Waals surface area contributed by atoms with Crippen LogP contribution in [0.25, 0.3) is 0 Å². The van der Waals surface area contributed by atoms with Crippen LogP contribution >= 0.6 is 0 Å². The van der Waals surface area contributed by atoms with Gasteiger partial charge in [-0.1, -0.05) is 0 Å². The molecule has 12 heavy (non-hydrogen) atoms. The lowest BCUT2D eigenvalue weighted by molar-refractivity contribution is 0.0800. The van der Waals surface area contributed by atoms with Gasteiger partial charge >= 0.3 is 0 Å². The summed E-state index contributed by atoms with van der Waals surface area (Å²) in [7, 11) is 0. The Balaban J connectivity index is 1.58. The van der Waals surface area contributed by atoms with E-state index in [2.05, 4.69) is 0 Å². The smallest absolute Gasteiger partial charge is 0.0523 e. The highest BCUT2D eigenvalue weighted by Crippen LogP contribution is 2.48. The number of rotatable bonds is 6. The third-order valence-corrected chi connectivity index (χ3v) is 3.09. The molecule has 70 valence electrons. The Morgan fingerprint density at radius 2 is 2.08 bits per heavy atom. The van der Waals surface area contributed by atoms with Crippen LogP contribution < -0.4 is 5.73 Å². The molecule has 0 amide bonds. The van der Waals surface area contributed by atoms with Crippen molar-refractivity contribution in [1.82, 2.24) is 0 Å². The van der Waals surface area contributed by atoms with Crippen molar-refractivity contribution in [2.45, 2.75) is 32.1 Å². The van der Waals surface area contributed by atoms with Crippen molar-refractivity contribution in [3.63, 3.8) is 0 Å². The fraction of sp³-hybridized carbons (Fsp3) is 1.00. The number of nitrogens with two attached hydrogens (primary N) is 1. The van der Waals surface area contributed by atoms with E-state index in [0.29, 0.717) is 5.41 Å². The fourth-order valence-electron chi connectivity index (χ4n) is 1.68. The highest BCUT2D eigenvalue weighted by molar-refractivity contribution is 4.93. The largest absolute Gasteiger partial charge is 0.381 e. The maximum Gasteiger partial charge on any atom is 0.0523 e. The molecule has 2 fully saturated rings. The van der Waals surface area contributed by atoms with E-state index in [1.54, 1.807) is 0 Å². The molecule has 2 heteroatoms. The molecule has 2 rings (SSSR count). The number of hydrogen-bond acceptors (Lipinski definition) is 2. The lowest BCUT2D eigenvalue weighted by Crippen LogP contribution is -2.16. The molecular formula is C10H19NO. The van der Waals surface area contributed by atoms with Gasteiger partial charge in [-0.15, -0.1) is 0 Å². The monoisotopic (exact) mass is 169 g/mol. The summed E-state index contributed by atoms with van der Waals surface area (Å²) in [6, 6.07) is 0. The minimum absolute atomic E-state index is 0.518. The zero-order valence-electron chi connectivity index (χ0n) is 7.72. The highest BCUT2D eigenvalue weighted by Gasteiger charge is 2.42. The van der Waals surface area contributed by atoms with E-state index in [-0.39, 0.29) is 0 Å². The van der Waals surface area contributed by atoms with Crippen LogP contribution in [0.1, 0.15) is 32.1 Å². The Kier molecular flexibility index (Phi) is 2.37. The Labute approximate surface area is 74.5 Å². The second-order valence-corrected chi connectivity index (χ2v) is 4.50. The van der Waals surface area contributed by atoms with Crippen LogP contribution in [0.15, 0.2) is 0 Å². The van der Waals surface area contributed by atoms with Gasteiger partial charge in [0.1, 0.15) is 0 Å². The molecule has 2 aliphatic carbocycles. The van der Waals surface area contributed by atoms with Crippen molar-refractivity contribution in [2.24, 2.45) is 17.1 Å². The minimum Gasteiger partial charge on any atom is -0.381 e. The second kappa shape index (κ2) is 3.35. The van der Waals surface area contributed by atoms with Crippen LogP contribution in [0.2, 0.25) is 0 Å². The average molecular weight is 169 g/mol. The molecule has 2 nitrogen and oxygen atoms in total. The molecule has 0 spiro atoms. The summed E-state index contributed by atoms with van der Waals surface area (Å²) in [6.07, 6.45) is 6.63. The van der Waals surface area contributed by atoms with Gasteiger partial charge in [0.05, 0.1) is 6.61 Å². The van der Waals surface area contributed by atoms with Gasteiger partial charge in [0.2, 0.25) is 0 Å². The van der Waals surface area contributed by atoms with Gasteiger partial charge in [0.15, 0.2) is 0 Å². The van der Waals surface area contributed by atoms with Crippen LogP contribution in [0.4, 0.5) is 0 Å². The average Bonchev–Trinajstić information content (AvgIpc) is 2.87. The first kappa shape index (κ1) is 8.52. The molecule has 0 heterocycles. The van der Waals surface area contributed by atoms with Crippen molar-refractivity contribution in [2.75, 3.05) is 19.8 Å². The number of hydrogen-bond donors (Lipinski definition) is 1. The molecule has 0 bridgehead atoms. The van der Waals surface area contributed by atoms with Crippen molar-refractivity contribution in [3.8, 4) is 0 Å². The van der Waals surface area contributed by atoms with E-state index >= 15 is 0 Å². The van der Waals surface area contributed by atoms with Gasteiger partial charge in [-0.25, -0.2) is 0 Å². The summed E-state index contributed by atoms with van der Waals surface area (Å²) in [6.45, 7) is 2.81. The van der Waals surface area contributed by atoms with Gasteiger partial charge in [0.25, 0.3) is 0 Å². The fourth-order valence-corrected chi connectivity index (χ4v) is 1.68. The zero-order valence-corrected chi connectivity index (χ0v) is 7.72. The quantitative estimate of drug-likeness (QED) is 0.654. The first-order valence-corrected chi connectivity index (χ1v) is 5.12. The normalized spacial score (nSPS) is 25.8. The molecule has 0 aromatic heterocycles. The van der Waals surface area contributed by atoms with Crippen LogP contribution in [0.5, 0.6) is 0 Å². The molecule has 0 radical (unpaired) electrons. The van der Waals surface area contributed by atoms with Gasteiger partial charge in [-0.2, -0.15) is 0 Å². The zero-order chi connectivity index (χ0) is 8.44. The second-order valence-electron chi connectivity index (χ2n) is 4.50. The summed E-state index contributed by atoms with van der Waals surface area (Å²) < 4.78 is 5.68. The predicted molar refractivity (Wildman–Crippen MR) is 48.9 cm³/mol. The van der Waals surface area contributed by atoms with Gasteiger partial charge in [-0.05, 0) is 50.0 Å². The first-order chi connectivity index (χ1) is 5.85. The minimum atomic E-state index is 0.518. The molecule has 0 unspecified atom stereocenters. The van der Waals surface area contributed by atoms with Crippen molar-refractivity contribution in [1.29, 1.82) is 0 Å². The molecule has 0 aliphatic heterocycles. The topological polar surface area (TPSA) is 35.2 Å². The molecule has 2 aliphatic rings. The highest BCUT2D eigenvalue weighted by atomic mass is 16.5. The van der Waals surface area contributed by atoms with E-state index < -0.39 is 0 Å². The Hall–Kier alpha value is -0.0800. The first-order valence-electron chi connectivity index (χ1n) is 5.12. The third-order valence-electron chi connectivity index (χ3n) is 3.09. The molecule has 2 N–H and O–H groups in total. The van der Waals surface area contributed by atoms with Gasteiger partial charge in [0, 0.05) is 6.61 Å². The van der Waals surface area contributed by atoms with Crippen molar-refractivity contribution < 1.29 is 4.74 Å². The van der Waals surface area contributed by atoms with Gasteiger partial charge in [-0.3, -0.25) is 0 Å². The van der Waals surface area contributed by atoms with E-state index in [4.69, 9.17) is 10.5 Å². The van der Waals surface area contributed by atoms with Crippen LogP contribution in [0.3, 0.4) is 0 Å². The van der Waals surface area contributed by atoms with Crippen molar-refractivity contribution >= 4 is 0 Å². The van der Waals surface area contributed by atoms with Crippen molar-refractivity contribution in [3.05, 3.63) is 0 Å². The standard InChI is InChI=1S/C10H19NO/c11-6-5-10(3-4-10)8-12-7-9-1-2-9/h9H,1-8,11H2.